The molecule has 0 spiro atoms. The summed E-state index contributed by atoms with van der Waals surface area (Å²) in [7, 11) is 0. The summed E-state index contributed by atoms with van der Waals surface area (Å²) in [5.41, 5.74) is 7.22. The number of nitrogens with zero attached hydrogens (tertiary/aromatic N) is 3. The maximum Gasteiger partial charge on any atom is 0.290 e. The van der Waals surface area contributed by atoms with Gasteiger partial charge in [-0.3, -0.25) is 9.79 Å². The Morgan fingerprint density at radius 1 is 1.50 bits per heavy atom. The molecule has 1 aromatic carbocycles. The van der Waals surface area contributed by atoms with E-state index < -0.39 is 0 Å². The molecule has 2 N–H and O–H groups in total. The van der Waals surface area contributed by atoms with E-state index in [0.29, 0.717) is 23.4 Å². The molecule has 3 rings (SSSR count). The lowest BCUT2D eigenvalue weighted by Gasteiger charge is -2.34. The summed E-state index contributed by atoms with van der Waals surface area (Å²) in [6, 6.07) is 6.34. The highest BCUT2D eigenvalue weighted by molar-refractivity contribution is 6.02. The van der Waals surface area contributed by atoms with E-state index in [4.69, 9.17) is 10.5 Å². The van der Waals surface area contributed by atoms with E-state index in [1.54, 1.807) is 25.1 Å². The zero-order valence-electron chi connectivity index (χ0n) is 13.6. The van der Waals surface area contributed by atoms with Gasteiger partial charge in [0.25, 0.3) is 5.56 Å². The van der Waals surface area contributed by atoms with E-state index in [-0.39, 0.29) is 35.8 Å². The SMILES string of the molecule is CC(=NCc1ccccc1F)c1cnn([C@H]2CO[C@@H]2C)c(=O)c1N. The number of ether oxygens (including phenoxy) is 1. The van der Waals surface area contributed by atoms with Crippen molar-refractivity contribution in [3.63, 3.8) is 0 Å². The molecule has 2 atom stereocenters. The zero-order valence-corrected chi connectivity index (χ0v) is 13.6. The highest BCUT2D eigenvalue weighted by Crippen LogP contribution is 2.23. The van der Waals surface area contributed by atoms with Gasteiger partial charge in [-0.05, 0) is 19.9 Å². The molecule has 1 aliphatic rings. The number of aromatic nitrogens is 2. The molecule has 2 heterocycles. The number of aliphatic imine (C=N–C) groups is 1. The van der Waals surface area contributed by atoms with Crippen LogP contribution < -0.4 is 11.3 Å². The van der Waals surface area contributed by atoms with Crippen LogP contribution in [0.4, 0.5) is 10.1 Å². The Morgan fingerprint density at radius 3 is 2.88 bits per heavy atom. The molecule has 2 aromatic rings. The minimum Gasteiger partial charge on any atom is -0.394 e. The summed E-state index contributed by atoms with van der Waals surface area (Å²) in [5, 5.41) is 4.19. The lowest BCUT2D eigenvalue weighted by atomic mass is 10.1. The standard InChI is InChI=1S/C17H19FN4O2/c1-10(20-7-12-5-3-4-6-14(12)18)13-8-21-22(17(23)16(13)19)15-9-24-11(15)2/h3-6,8,11,15H,7,9,19H2,1-2H3/t11-,15+/m1/s1. The molecule has 0 aliphatic carbocycles. The molecular weight excluding hydrogens is 311 g/mol. The van der Waals surface area contributed by atoms with Crippen molar-refractivity contribution in [2.75, 3.05) is 12.3 Å². The molecule has 7 heteroatoms. The predicted molar refractivity (Wildman–Crippen MR) is 89.7 cm³/mol. The van der Waals surface area contributed by atoms with E-state index in [0.717, 1.165) is 0 Å². The van der Waals surface area contributed by atoms with E-state index >= 15 is 0 Å². The van der Waals surface area contributed by atoms with Crippen molar-refractivity contribution in [1.82, 2.24) is 9.78 Å². The predicted octanol–water partition coefficient (Wildman–Crippen LogP) is 1.93. The quantitative estimate of drug-likeness (QED) is 0.869. The third-order valence-electron chi connectivity index (χ3n) is 4.26. The molecular formula is C17H19FN4O2. The Balaban J connectivity index is 1.86. The van der Waals surface area contributed by atoms with Gasteiger partial charge in [0.2, 0.25) is 0 Å². The molecule has 24 heavy (non-hydrogen) atoms. The highest BCUT2D eigenvalue weighted by Gasteiger charge is 2.32. The van der Waals surface area contributed by atoms with Crippen LogP contribution in [0.15, 0.2) is 40.2 Å². The van der Waals surface area contributed by atoms with Gasteiger partial charge in [0.15, 0.2) is 0 Å². The lowest BCUT2D eigenvalue weighted by molar-refractivity contribution is -0.0991. The van der Waals surface area contributed by atoms with Crippen molar-refractivity contribution in [2.45, 2.75) is 32.5 Å². The first kappa shape index (κ1) is 16.3. The van der Waals surface area contributed by atoms with E-state index in [2.05, 4.69) is 10.1 Å². The first-order valence-corrected chi connectivity index (χ1v) is 7.72. The molecule has 1 fully saturated rings. The highest BCUT2D eigenvalue weighted by atomic mass is 19.1. The van der Waals surface area contributed by atoms with E-state index in [1.165, 1.54) is 16.9 Å². The number of benzene rings is 1. The van der Waals surface area contributed by atoms with Crippen LogP contribution >= 0.6 is 0 Å². The van der Waals surface area contributed by atoms with Gasteiger partial charge >= 0.3 is 0 Å². The maximum absolute atomic E-state index is 13.6. The van der Waals surface area contributed by atoms with Crippen LogP contribution in [0.5, 0.6) is 0 Å². The van der Waals surface area contributed by atoms with Crippen molar-refractivity contribution >= 4 is 11.4 Å². The molecule has 1 aliphatic heterocycles. The van der Waals surface area contributed by atoms with Crippen LogP contribution in [-0.2, 0) is 11.3 Å². The average molecular weight is 330 g/mol. The smallest absolute Gasteiger partial charge is 0.290 e. The van der Waals surface area contributed by atoms with Crippen LogP contribution in [0.3, 0.4) is 0 Å². The number of anilines is 1. The van der Waals surface area contributed by atoms with Crippen LogP contribution in [0.1, 0.15) is 31.0 Å². The third-order valence-corrected chi connectivity index (χ3v) is 4.26. The van der Waals surface area contributed by atoms with Crippen LogP contribution in [-0.4, -0.2) is 28.2 Å². The Hall–Kier alpha value is -2.54. The zero-order chi connectivity index (χ0) is 17.3. The largest absolute Gasteiger partial charge is 0.394 e. The van der Waals surface area contributed by atoms with Gasteiger partial charge in [-0.1, -0.05) is 18.2 Å². The molecule has 0 bridgehead atoms. The van der Waals surface area contributed by atoms with Crippen LogP contribution in [0, 0.1) is 5.82 Å². The second-order valence-electron chi connectivity index (χ2n) is 5.82. The summed E-state index contributed by atoms with van der Waals surface area (Å²) < 4.78 is 20.3. The number of hydrogen-bond donors (Lipinski definition) is 1. The van der Waals surface area contributed by atoms with Crippen molar-refractivity contribution in [3.8, 4) is 0 Å². The van der Waals surface area contributed by atoms with Gasteiger partial charge in [0.05, 0.1) is 25.5 Å². The van der Waals surface area contributed by atoms with E-state index in [1.807, 2.05) is 6.92 Å². The summed E-state index contributed by atoms with van der Waals surface area (Å²) in [6.07, 6.45) is 1.47. The summed E-state index contributed by atoms with van der Waals surface area (Å²) >= 11 is 0. The lowest BCUT2D eigenvalue weighted by Crippen LogP contribution is -2.45. The molecule has 1 aromatic heterocycles. The number of hydrogen-bond acceptors (Lipinski definition) is 5. The van der Waals surface area contributed by atoms with Crippen LogP contribution in [0.2, 0.25) is 0 Å². The second kappa shape index (κ2) is 6.52. The first-order chi connectivity index (χ1) is 11.5. The Labute approximate surface area is 138 Å². The van der Waals surface area contributed by atoms with Gasteiger partial charge in [0.1, 0.15) is 17.5 Å². The molecule has 6 nitrogen and oxygen atoms in total. The fourth-order valence-electron chi connectivity index (χ4n) is 2.56. The Morgan fingerprint density at radius 2 is 2.25 bits per heavy atom. The van der Waals surface area contributed by atoms with Crippen LogP contribution in [0.25, 0.3) is 0 Å². The fourth-order valence-corrected chi connectivity index (χ4v) is 2.56. The van der Waals surface area contributed by atoms with E-state index in [9.17, 15) is 9.18 Å². The Kier molecular flexibility index (Phi) is 4.44. The van der Waals surface area contributed by atoms with Crippen molar-refractivity contribution < 1.29 is 9.13 Å². The summed E-state index contributed by atoms with van der Waals surface area (Å²) in [6.45, 7) is 4.24. The minimum absolute atomic E-state index is 0.0590. The number of nitrogens with two attached hydrogens (primary N) is 1. The maximum atomic E-state index is 13.6. The number of nitrogen functional groups attached to an aromatic ring is 1. The van der Waals surface area contributed by atoms with Gasteiger partial charge < -0.3 is 10.5 Å². The Bertz CT molecular complexity index is 847. The molecule has 1 saturated heterocycles. The average Bonchev–Trinajstić information content (AvgIpc) is 2.56. The number of rotatable bonds is 4. The number of halogens is 1. The minimum atomic E-state index is -0.354. The van der Waals surface area contributed by atoms with Gasteiger partial charge in [-0.25, -0.2) is 9.07 Å². The summed E-state index contributed by atoms with van der Waals surface area (Å²) in [4.78, 5) is 16.7. The monoisotopic (exact) mass is 330 g/mol. The van der Waals surface area contributed by atoms with Gasteiger partial charge in [-0.15, -0.1) is 0 Å². The third kappa shape index (κ3) is 2.94. The molecule has 0 amide bonds. The first-order valence-electron chi connectivity index (χ1n) is 7.72. The summed E-state index contributed by atoms with van der Waals surface area (Å²) in [5.74, 6) is -0.311. The topological polar surface area (TPSA) is 82.5 Å². The van der Waals surface area contributed by atoms with Gasteiger partial charge in [0, 0.05) is 16.8 Å². The fraction of sp³-hybridized carbons (Fsp3) is 0.353. The van der Waals surface area contributed by atoms with Crippen molar-refractivity contribution in [3.05, 3.63) is 57.8 Å². The van der Waals surface area contributed by atoms with Crippen molar-refractivity contribution in [1.29, 1.82) is 0 Å². The molecule has 0 radical (unpaired) electrons. The second-order valence-corrected chi connectivity index (χ2v) is 5.82. The van der Waals surface area contributed by atoms with Crippen molar-refractivity contribution in [2.24, 2.45) is 4.99 Å². The molecule has 126 valence electrons. The normalized spacial score (nSPS) is 20.7. The molecule has 0 saturated carbocycles. The molecule has 0 unspecified atom stereocenters. The van der Waals surface area contributed by atoms with Gasteiger partial charge in [-0.2, -0.15) is 5.10 Å².